The van der Waals surface area contributed by atoms with Gasteiger partial charge in [0.1, 0.15) is 18.3 Å². The number of aliphatic hydroxyl groups is 4. The second kappa shape index (κ2) is 8.50. The molecule has 148 valence electrons. The number of ether oxygens (including phenoxy) is 1. The molecule has 1 aliphatic rings. The minimum absolute atomic E-state index is 0.0171. The van der Waals surface area contributed by atoms with E-state index in [2.05, 4.69) is 20.3 Å². The summed E-state index contributed by atoms with van der Waals surface area (Å²) in [6, 6.07) is 0. The fraction of sp³-hybridized carbons (Fsp3) is 0.562. The lowest BCUT2D eigenvalue weighted by atomic mass is 10.1. The van der Waals surface area contributed by atoms with Gasteiger partial charge in [-0.05, 0) is 13.2 Å². The molecule has 0 aliphatic carbocycles. The number of fused-ring (bicyclic) bond motifs is 1. The Hall–Kier alpha value is -1.76. The lowest BCUT2D eigenvalue weighted by molar-refractivity contribution is -0.0511. The van der Waals surface area contributed by atoms with E-state index in [1.54, 1.807) is 0 Å². The number of thioether (sulfide) groups is 1. The molecule has 2 aromatic rings. The second-order valence-corrected chi connectivity index (χ2v) is 6.97. The van der Waals surface area contributed by atoms with Crippen molar-refractivity contribution in [2.24, 2.45) is 0 Å². The van der Waals surface area contributed by atoms with Crippen LogP contribution in [-0.2, 0) is 4.74 Å². The number of nitrogens with zero attached hydrogens (tertiary/aromatic N) is 4. The first-order valence-electron chi connectivity index (χ1n) is 8.41. The van der Waals surface area contributed by atoms with E-state index in [9.17, 15) is 15.3 Å². The van der Waals surface area contributed by atoms with Crippen molar-refractivity contribution < 1.29 is 25.2 Å². The van der Waals surface area contributed by atoms with Gasteiger partial charge in [-0.25, -0.2) is 15.0 Å². The molecule has 4 atom stereocenters. The molecule has 10 nitrogen and oxygen atoms in total. The first kappa shape index (κ1) is 20.0. The van der Waals surface area contributed by atoms with Crippen LogP contribution in [0.25, 0.3) is 11.2 Å². The molecule has 3 heterocycles. The maximum atomic E-state index is 10.3. The highest BCUT2D eigenvalue weighted by Crippen LogP contribution is 2.32. The van der Waals surface area contributed by atoms with Gasteiger partial charge in [-0.3, -0.25) is 4.57 Å². The summed E-state index contributed by atoms with van der Waals surface area (Å²) in [4.78, 5) is 13.2. The topological polar surface area (TPSA) is 146 Å². The molecule has 1 saturated heterocycles. The summed E-state index contributed by atoms with van der Waals surface area (Å²) in [5, 5.41) is 42.3. The van der Waals surface area contributed by atoms with E-state index in [1.807, 2.05) is 19.3 Å². The third-order valence-electron chi connectivity index (χ3n) is 4.34. The van der Waals surface area contributed by atoms with Crippen LogP contribution in [0.2, 0.25) is 0 Å². The molecule has 0 saturated carbocycles. The van der Waals surface area contributed by atoms with E-state index in [-0.39, 0.29) is 6.61 Å². The Morgan fingerprint density at radius 3 is 2.74 bits per heavy atom. The number of rotatable bonds is 7. The van der Waals surface area contributed by atoms with Crippen LogP contribution in [0.3, 0.4) is 0 Å². The highest BCUT2D eigenvalue weighted by molar-refractivity contribution is 7.98. The van der Waals surface area contributed by atoms with Gasteiger partial charge in [0.25, 0.3) is 0 Å². The maximum Gasteiger partial charge on any atom is 0.191 e. The Labute approximate surface area is 159 Å². The number of hydrogen-bond donors (Lipinski definition) is 5. The average Bonchev–Trinajstić information content (AvgIpc) is 3.22. The predicted octanol–water partition coefficient (Wildman–Crippen LogP) is -0.490. The summed E-state index contributed by atoms with van der Waals surface area (Å²) in [5.41, 5.74) is 1.75. The minimum atomic E-state index is -1.22. The second-order valence-electron chi connectivity index (χ2n) is 6.20. The van der Waals surface area contributed by atoms with Crippen molar-refractivity contribution in [1.82, 2.24) is 19.5 Å². The Kier molecular flexibility index (Phi) is 6.29. The smallest absolute Gasteiger partial charge is 0.191 e. The summed E-state index contributed by atoms with van der Waals surface area (Å²) < 4.78 is 7.10. The summed E-state index contributed by atoms with van der Waals surface area (Å²) in [6.07, 6.45) is 0.917. The van der Waals surface area contributed by atoms with Crippen LogP contribution >= 0.6 is 11.8 Å². The van der Waals surface area contributed by atoms with Crippen molar-refractivity contribution in [2.75, 3.05) is 31.3 Å². The first-order valence-corrected chi connectivity index (χ1v) is 9.64. The Morgan fingerprint density at radius 1 is 1.33 bits per heavy atom. The molecule has 3 rings (SSSR count). The van der Waals surface area contributed by atoms with Crippen molar-refractivity contribution in [3.63, 3.8) is 0 Å². The fourth-order valence-electron chi connectivity index (χ4n) is 2.79. The van der Waals surface area contributed by atoms with Gasteiger partial charge >= 0.3 is 0 Å². The van der Waals surface area contributed by atoms with Crippen molar-refractivity contribution in [3.05, 3.63) is 18.0 Å². The molecule has 0 amide bonds. The number of imidazole rings is 1. The van der Waals surface area contributed by atoms with Gasteiger partial charge in [-0.15, -0.1) is 0 Å². The van der Waals surface area contributed by atoms with E-state index in [4.69, 9.17) is 9.84 Å². The van der Waals surface area contributed by atoms with Crippen molar-refractivity contribution in [1.29, 1.82) is 0 Å². The minimum Gasteiger partial charge on any atom is -0.394 e. The molecule has 27 heavy (non-hydrogen) atoms. The molecular formula is C16H23N5O5S. The van der Waals surface area contributed by atoms with E-state index in [0.717, 1.165) is 5.57 Å². The first-order chi connectivity index (χ1) is 13.0. The molecule has 1 fully saturated rings. The van der Waals surface area contributed by atoms with Crippen molar-refractivity contribution in [2.45, 2.75) is 36.6 Å². The zero-order valence-electron chi connectivity index (χ0n) is 15.0. The van der Waals surface area contributed by atoms with Crippen molar-refractivity contribution in [3.8, 4) is 0 Å². The monoisotopic (exact) mass is 397 g/mol. The molecule has 11 heteroatoms. The quantitative estimate of drug-likeness (QED) is 0.236. The lowest BCUT2D eigenvalue weighted by Gasteiger charge is -2.17. The molecule has 0 unspecified atom stereocenters. The van der Waals surface area contributed by atoms with Crippen molar-refractivity contribution >= 4 is 28.7 Å². The van der Waals surface area contributed by atoms with Gasteiger partial charge in [0.15, 0.2) is 28.4 Å². The van der Waals surface area contributed by atoms with E-state index < -0.39 is 31.1 Å². The molecule has 0 radical (unpaired) electrons. The van der Waals surface area contributed by atoms with Gasteiger partial charge in [-0.1, -0.05) is 23.4 Å². The summed E-state index contributed by atoms with van der Waals surface area (Å²) in [6.45, 7) is 1.85. The van der Waals surface area contributed by atoms with Crippen LogP contribution in [0, 0.1) is 0 Å². The van der Waals surface area contributed by atoms with Crippen LogP contribution < -0.4 is 5.32 Å². The van der Waals surface area contributed by atoms with Crippen LogP contribution in [-0.4, -0.2) is 84.3 Å². The maximum absolute atomic E-state index is 10.3. The molecular weight excluding hydrogens is 374 g/mol. The van der Waals surface area contributed by atoms with Crippen LogP contribution in [0.1, 0.15) is 13.2 Å². The number of aliphatic hydroxyl groups excluding tert-OH is 4. The largest absolute Gasteiger partial charge is 0.394 e. The van der Waals surface area contributed by atoms with Crippen LogP contribution in [0.5, 0.6) is 0 Å². The number of hydrogen-bond acceptors (Lipinski definition) is 10. The van der Waals surface area contributed by atoms with Gasteiger partial charge in [0.05, 0.1) is 19.5 Å². The van der Waals surface area contributed by atoms with Crippen LogP contribution in [0.15, 0.2) is 23.1 Å². The third kappa shape index (κ3) is 3.93. The number of aromatic nitrogens is 4. The highest BCUT2D eigenvalue weighted by Gasteiger charge is 2.44. The number of anilines is 1. The number of nitrogens with one attached hydrogen (secondary N) is 1. The summed E-state index contributed by atoms with van der Waals surface area (Å²) >= 11 is 1.35. The molecule has 0 spiro atoms. The molecule has 2 aromatic heterocycles. The zero-order valence-corrected chi connectivity index (χ0v) is 15.8. The Balaban J connectivity index is 1.96. The third-order valence-corrected chi connectivity index (χ3v) is 4.89. The molecule has 1 aliphatic heterocycles. The van der Waals surface area contributed by atoms with E-state index >= 15 is 0 Å². The lowest BCUT2D eigenvalue weighted by Crippen LogP contribution is -2.33. The molecule has 0 aromatic carbocycles. The Bertz CT molecular complexity index is 829. The Morgan fingerprint density at radius 2 is 2.11 bits per heavy atom. The average molecular weight is 397 g/mol. The van der Waals surface area contributed by atoms with Gasteiger partial charge in [-0.2, -0.15) is 0 Å². The van der Waals surface area contributed by atoms with Gasteiger partial charge in [0, 0.05) is 6.54 Å². The van der Waals surface area contributed by atoms with E-state index in [1.165, 1.54) is 22.7 Å². The van der Waals surface area contributed by atoms with Crippen LogP contribution in [0.4, 0.5) is 5.82 Å². The predicted molar refractivity (Wildman–Crippen MR) is 99.4 cm³/mol. The summed E-state index contributed by atoms with van der Waals surface area (Å²) in [7, 11) is 0. The zero-order chi connectivity index (χ0) is 19.6. The normalized spacial score (nSPS) is 26.1. The summed E-state index contributed by atoms with van der Waals surface area (Å²) in [5.74, 6) is 0.511. The molecule has 0 bridgehead atoms. The molecule has 5 N–H and O–H groups in total. The highest BCUT2D eigenvalue weighted by atomic mass is 32.2. The van der Waals surface area contributed by atoms with E-state index in [0.29, 0.717) is 28.7 Å². The standard InChI is InChI=1S/C16H23N5O5S/c1-8(5-22)3-4-17-13-10-14(20-16(19-13)27-2)21(7-18-10)15-12(25)11(24)9(6-23)26-15/h3,7,9,11-12,15,22-25H,4-6H2,1-2H3,(H,17,19,20)/b8-3+/t9-,11+,12+,15-/m1/s1. The van der Waals surface area contributed by atoms with Gasteiger partial charge < -0.3 is 30.5 Å². The fourth-order valence-corrected chi connectivity index (χ4v) is 3.15. The van der Waals surface area contributed by atoms with Gasteiger partial charge in [0.2, 0.25) is 0 Å². The SMILES string of the molecule is CSc1nc(NC/C=C(\C)CO)c2ncn([C@@H]3O[C@H](CO)[C@H](O)[C@@H]3O)c2n1.